The van der Waals surface area contributed by atoms with Gasteiger partial charge in [0, 0.05) is 0 Å². The zero-order valence-electron chi connectivity index (χ0n) is 16.5. The molecule has 158 valence electrons. The number of carbonyl (C=O) groups is 1. The van der Waals surface area contributed by atoms with Crippen LogP contribution in [0.3, 0.4) is 0 Å². The molecular weight excluding hydrogens is 511 g/mol. The number of methoxy groups -OCH3 is 1. The summed E-state index contributed by atoms with van der Waals surface area (Å²) in [5, 5.41) is 3.91. The third-order valence-electron chi connectivity index (χ3n) is 4.25. The molecule has 1 heterocycles. The number of benzene rings is 2. The van der Waals surface area contributed by atoms with E-state index in [-0.39, 0.29) is 12.0 Å². The number of nitrogens with zero attached hydrogens (tertiary/aromatic N) is 1. The fourth-order valence-corrected chi connectivity index (χ4v) is 4.27. The van der Waals surface area contributed by atoms with Gasteiger partial charge in [-0.25, -0.2) is 4.99 Å². The van der Waals surface area contributed by atoms with Crippen LogP contribution in [-0.4, -0.2) is 24.3 Å². The van der Waals surface area contributed by atoms with Crippen molar-refractivity contribution in [2.45, 2.75) is 26.4 Å². The SMILES string of the molecule is CC[C@H](C)Oc1c(Br)cc(/C=C2/SC(=Nc3cccc(Cl)c3Cl)NC2=O)cc1OC. The zero-order chi connectivity index (χ0) is 21.8. The number of hydrogen-bond donors (Lipinski definition) is 1. The van der Waals surface area contributed by atoms with E-state index in [0.717, 1.165) is 16.5 Å². The van der Waals surface area contributed by atoms with Gasteiger partial charge in [0.15, 0.2) is 16.7 Å². The third kappa shape index (κ3) is 5.32. The average Bonchev–Trinajstić information content (AvgIpc) is 3.05. The number of ether oxygens (including phenoxy) is 2. The van der Waals surface area contributed by atoms with Crippen LogP contribution in [0.5, 0.6) is 11.5 Å². The summed E-state index contributed by atoms with van der Waals surface area (Å²) >= 11 is 17.0. The van der Waals surface area contributed by atoms with E-state index in [2.05, 4.69) is 33.2 Å². The standard InChI is InChI=1S/C21H19BrCl2N2O3S/c1-4-11(2)29-19-13(22)8-12(9-16(19)28-3)10-17-20(27)26-21(30-17)25-15-7-5-6-14(23)18(15)24/h5-11H,4H2,1-3H3,(H,25,26,27)/b17-10+/t11-/m0/s1. The fraction of sp³-hybridized carbons (Fsp3) is 0.238. The molecule has 1 N–H and O–H groups in total. The maximum absolute atomic E-state index is 12.4. The number of rotatable bonds is 6. The number of amidine groups is 1. The first-order valence-electron chi connectivity index (χ1n) is 9.10. The first kappa shape index (κ1) is 23.0. The van der Waals surface area contributed by atoms with E-state index in [1.54, 1.807) is 31.4 Å². The highest BCUT2D eigenvalue weighted by molar-refractivity contribution is 9.10. The quantitative estimate of drug-likeness (QED) is 0.416. The van der Waals surface area contributed by atoms with E-state index in [4.69, 9.17) is 32.7 Å². The molecule has 0 saturated carbocycles. The van der Waals surface area contributed by atoms with Crippen molar-refractivity contribution in [3.8, 4) is 11.5 Å². The molecule has 1 fully saturated rings. The van der Waals surface area contributed by atoms with Crippen molar-refractivity contribution < 1.29 is 14.3 Å². The monoisotopic (exact) mass is 528 g/mol. The molecule has 0 unspecified atom stereocenters. The summed E-state index contributed by atoms with van der Waals surface area (Å²) < 4.78 is 12.2. The molecule has 3 rings (SSSR count). The van der Waals surface area contributed by atoms with Gasteiger partial charge >= 0.3 is 0 Å². The Labute approximate surface area is 198 Å². The second kappa shape index (κ2) is 10.1. The number of halogens is 3. The molecule has 0 bridgehead atoms. The van der Waals surface area contributed by atoms with Crippen molar-refractivity contribution in [2.24, 2.45) is 4.99 Å². The van der Waals surface area contributed by atoms with Crippen LogP contribution < -0.4 is 14.8 Å². The Balaban J connectivity index is 1.88. The Morgan fingerprint density at radius 2 is 2.10 bits per heavy atom. The van der Waals surface area contributed by atoms with Gasteiger partial charge in [-0.1, -0.05) is 36.2 Å². The number of aliphatic imine (C=N–C) groups is 1. The lowest BCUT2D eigenvalue weighted by Crippen LogP contribution is -2.19. The number of nitrogens with one attached hydrogen (secondary N) is 1. The molecule has 0 spiro atoms. The van der Waals surface area contributed by atoms with Crippen molar-refractivity contribution >= 4 is 73.7 Å². The topological polar surface area (TPSA) is 59.9 Å². The van der Waals surface area contributed by atoms with Crippen LogP contribution in [0.4, 0.5) is 5.69 Å². The Morgan fingerprint density at radius 3 is 2.80 bits per heavy atom. The zero-order valence-corrected chi connectivity index (χ0v) is 20.4. The van der Waals surface area contributed by atoms with Crippen molar-refractivity contribution in [2.75, 3.05) is 7.11 Å². The van der Waals surface area contributed by atoms with Crippen LogP contribution in [0.15, 0.2) is 44.7 Å². The predicted molar refractivity (Wildman–Crippen MR) is 128 cm³/mol. The lowest BCUT2D eigenvalue weighted by atomic mass is 10.1. The average molecular weight is 530 g/mol. The summed E-state index contributed by atoms with van der Waals surface area (Å²) in [6.45, 7) is 4.05. The molecule has 5 nitrogen and oxygen atoms in total. The highest BCUT2D eigenvalue weighted by atomic mass is 79.9. The molecule has 1 atom stereocenters. The summed E-state index contributed by atoms with van der Waals surface area (Å²) in [7, 11) is 1.58. The normalized spacial score (nSPS) is 17.3. The Morgan fingerprint density at radius 1 is 1.33 bits per heavy atom. The van der Waals surface area contributed by atoms with Crippen LogP contribution in [-0.2, 0) is 4.79 Å². The lowest BCUT2D eigenvalue weighted by molar-refractivity contribution is -0.115. The van der Waals surface area contributed by atoms with Gasteiger partial charge in [-0.3, -0.25) is 4.79 Å². The third-order valence-corrected chi connectivity index (χ3v) is 6.56. The largest absolute Gasteiger partial charge is 0.493 e. The number of hydrogen-bond acceptors (Lipinski definition) is 5. The summed E-state index contributed by atoms with van der Waals surface area (Å²) in [4.78, 5) is 17.3. The molecule has 1 aliphatic heterocycles. The molecule has 1 amide bonds. The van der Waals surface area contributed by atoms with Crippen LogP contribution in [0.1, 0.15) is 25.8 Å². The lowest BCUT2D eigenvalue weighted by Gasteiger charge is -2.17. The van der Waals surface area contributed by atoms with Gasteiger partial charge in [-0.05, 0) is 76.9 Å². The summed E-state index contributed by atoms with van der Waals surface area (Å²) in [6, 6.07) is 8.86. The van der Waals surface area contributed by atoms with Crippen LogP contribution in [0.25, 0.3) is 6.08 Å². The van der Waals surface area contributed by atoms with Gasteiger partial charge in [0.05, 0.1) is 38.3 Å². The maximum Gasteiger partial charge on any atom is 0.264 e. The van der Waals surface area contributed by atoms with E-state index in [9.17, 15) is 4.79 Å². The Hall–Kier alpha value is -1.67. The minimum Gasteiger partial charge on any atom is -0.493 e. The summed E-state index contributed by atoms with van der Waals surface area (Å²) in [5.41, 5.74) is 1.28. The van der Waals surface area contributed by atoms with E-state index in [1.165, 1.54) is 11.8 Å². The van der Waals surface area contributed by atoms with E-state index >= 15 is 0 Å². The van der Waals surface area contributed by atoms with Gasteiger partial charge in [-0.15, -0.1) is 0 Å². The van der Waals surface area contributed by atoms with E-state index in [1.807, 2.05) is 19.1 Å². The van der Waals surface area contributed by atoms with Gasteiger partial charge in [0.25, 0.3) is 5.91 Å². The van der Waals surface area contributed by atoms with Crippen molar-refractivity contribution in [3.63, 3.8) is 0 Å². The molecule has 2 aromatic carbocycles. The highest BCUT2D eigenvalue weighted by Gasteiger charge is 2.25. The van der Waals surface area contributed by atoms with Crippen molar-refractivity contribution in [1.29, 1.82) is 0 Å². The van der Waals surface area contributed by atoms with Gasteiger partial charge in [0.1, 0.15) is 0 Å². The smallest absolute Gasteiger partial charge is 0.264 e. The second-order valence-corrected chi connectivity index (χ2v) is 9.10. The fourth-order valence-electron chi connectivity index (χ4n) is 2.54. The molecule has 0 aliphatic carbocycles. The molecule has 9 heteroatoms. The predicted octanol–water partition coefficient (Wildman–Crippen LogP) is 6.83. The van der Waals surface area contributed by atoms with E-state index in [0.29, 0.717) is 37.3 Å². The van der Waals surface area contributed by atoms with E-state index < -0.39 is 0 Å². The second-order valence-electron chi connectivity index (χ2n) is 6.43. The highest BCUT2D eigenvalue weighted by Crippen LogP contribution is 2.39. The van der Waals surface area contributed by atoms with Gasteiger partial charge in [0.2, 0.25) is 0 Å². The summed E-state index contributed by atoms with van der Waals surface area (Å²) in [5.74, 6) is 0.974. The minimum atomic E-state index is -0.244. The van der Waals surface area contributed by atoms with Crippen molar-refractivity contribution in [1.82, 2.24) is 5.32 Å². The molecule has 2 aromatic rings. The van der Waals surface area contributed by atoms with Gasteiger partial charge < -0.3 is 14.8 Å². The number of thioether (sulfide) groups is 1. The van der Waals surface area contributed by atoms with Crippen LogP contribution in [0.2, 0.25) is 10.0 Å². The Bertz CT molecular complexity index is 1040. The molecule has 30 heavy (non-hydrogen) atoms. The first-order valence-corrected chi connectivity index (χ1v) is 11.5. The summed E-state index contributed by atoms with van der Waals surface area (Å²) in [6.07, 6.45) is 2.69. The first-order chi connectivity index (χ1) is 14.3. The number of amides is 1. The molecule has 0 radical (unpaired) electrons. The van der Waals surface area contributed by atoms with Crippen LogP contribution in [0, 0.1) is 0 Å². The number of carbonyl (C=O) groups excluding carboxylic acids is 1. The molecule has 1 saturated heterocycles. The molecule has 0 aromatic heterocycles. The minimum absolute atomic E-state index is 0.0488. The molecular formula is C21H19BrCl2N2O3S. The maximum atomic E-state index is 12.4. The van der Waals surface area contributed by atoms with Gasteiger partial charge in [-0.2, -0.15) is 0 Å². The van der Waals surface area contributed by atoms with Crippen molar-refractivity contribution in [3.05, 3.63) is 55.3 Å². The Kier molecular flexibility index (Phi) is 7.74. The van der Waals surface area contributed by atoms with Crippen LogP contribution >= 0.6 is 50.9 Å². The molecule has 1 aliphatic rings.